The van der Waals surface area contributed by atoms with E-state index >= 15 is 0 Å². The quantitative estimate of drug-likeness (QED) is 0.521. The van der Waals surface area contributed by atoms with E-state index in [4.69, 9.17) is 12.2 Å². The Bertz CT molecular complexity index is 1020. The van der Waals surface area contributed by atoms with Gasteiger partial charge in [-0.3, -0.25) is 20.2 Å². The molecule has 1 unspecified atom stereocenters. The van der Waals surface area contributed by atoms with Crippen LogP contribution in [0.4, 0.5) is 10.1 Å². The summed E-state index contributed by atoms with van der Waals surface area (Å²) in [7, 11) is 0. The third-order valence-electron chi connectivity index (χ3n) is 4.47. The van der Waals surface area contributed by atoms with Crippen molar-refractivity contribution < 1.29 is 9.18 Å². The minimum Gasteiger partial charge on any atom is -0.336 e. The third kappa shape index (κ3) is 3.68. The van der Waals surface area contributed by atoms with E-state index in [1.165, 1.54) is 12.1 Å². The number of amides is 1. The van der Waals surface area contributed by atoms with Crippen LogP contribution in [0.15, 0.2) is 54.7 Å². The molecule has 138 valence electrons. The fraction of sp³-hybridized carbons (Fsp3) is 0.158. The number of hydrogen-bond acceptors (Lipinski definition) is 4. The molecule has 1 aliphatic rings. The zero-order valence-electron chi connectivity index (χ0n) is 14.3. The summed E-state index contributed by atoms with van der Waals surface area (Å²) in [5.41, 5.74) is 9.07. The molecule has 8 heteroatoms. The van der Waals surface area contributed by atoms with Gasteiger partial charge in [0.1, 0.15) is 11.5 Å². The van der Waals surface area contributed by atoms with Crippen molar-refractivity contribution in [1.82, 2.24) is 20.4 Å². The Morgan fingerprint density at radius 2 is 2.04 bits per heavy atom. The molecule has 0 bridgehead atoms. The second-order valence-corrected chi connectivity index (χ2v) is 6.67. The van der Waals surface area contributed by atoms with E-state index in [1.807, 2.05) is 24.3 Å². The number of nitrogens with zero attached hydrogens (tertiary/aromatic N) is 1. The molecule has 1 aromatic heterocycles. The number of anilines is 1. The molecule has 1 saturated heterocycles. The van der Waals surface area contributed by atoms with Crippen LogP contribution in [0.3, 0.4) is 0 Å². The van der Waals surface area contributed by atoms with Crippen molar-refractivity contribution in [2.24, 2.45) is 0 Å². The molecule has 6 nitrogen and oxygen atoms in total. The minimum absolute atomic E-state index is 0.220. The number of nitrogens with one attached hydrogen (secondary N) is 4. The lowest BCUT2D eigenvalue weighted by atomic mass is 10.0. The van der Waals surface area contributed by atoms with Gasteiger partial charge in [0.05, 0.1) is 0 Å². The fourth-order valence-electron chi connectivity index (χ4n) is 3.14. The summed E-state index contributed by atoms with van der Waals surface area (Å²) in [4.78, 5) is 15.7. The fourth-order valence-corrected chi connectivity index (χ4v) is 3.41. The predicted molar refractivity (Wildman–Crippen MR) is 104 cm³/mol. The molecular formula is C19H18FN5OS. The smallest absolute Gasteiger partial charge is 0.274 e. The summed E-state index contributed by atoms with van der Waals surface area (Å²) < 4.78 is 15.2. The number of halogens is 1. The van der Waals surface area contributed by atoms with Gasteiger partial charge >= 0.3 is 0 Å². The van der Waals surface area contributed by atoms with Gasteiger partial charge in [-0.05, 0) is 60.6 Å². The number of imidazole rings is 1. The number of benzene rings is 2. The highest BCUT2D eigenvalue weighted by Crippen LogP contribution is 2.22. The molecule has 0 spiro atoms. The van der Waals surface area contributed by atoms with Gasteiger partial charge in [0.2, 0.25) is 0 Å². The highest BCUT2D eigenvalue weighted by molar-refractivity contribution is 7.71. The molecule has 2 heterocycles. The number of aromatic amines is 1. The highest BCUT2D eigenvalue weighted by Gasteiger charge is 2.18. The van der Waals surface area contributed by atoms with E-state index in [0.717, 1.165) is 18.5 Å². The lowest BCUT2D eigenvalue weighted by molar-refractivity contribution is 0.102. The number of hydrazine groups is 1. The number of H-pyrrole nitrogens is 1. The van der Waals surface area contributed by atoms with Gasteiger partial charge < -0.3 is 10.3 Å². The summed E-state index contributed by atoms with van der Waals surface area (Å²) in [6.07, 6.45) is 2.53. The largest absolute Gasteiger partial charge is 0.336 e. The Balaban J connectivity index is 1.60. The van der Waals surface area contributed by atoms with E-state index in [-0.39, 0.29) is 17.8 Å². The van der Waals surface area contributed by atoms with Gasteiger partial charge in [0.25, 0.3) is 5.91 Å². The molecule has 1 amide bonds. The molecule has 1 fully saturated rings. The zero-order chi connectivity index (χ0) is 18.8. The maximum atomic E-state index is 13.2. The molecular weight excluding hydrogens is 365 g/mol. The Hall–Kier alpha value is -2.81. The summed E-state index contributed by atoms with van der Waals surface area (Å²) in [5, 5.41) is 2.91. The van der Waals surface area contributed by atoms with Crippen molar-refractivity contribution in [2.75, 3.05) is 11.9 Å². The van der Waals surface area contributed by atoms with E-state index in [0.29, 0.717) is 21.8 Å². The maximum Gasteiger partial charge on any atom is 0.274 e. The number of hydrogen-bond donors (Lipinski definition) is 4. The predicted octanol–water partition coefficient (Wildman–Crippen LogP) is 3.47. The average molecular weight is 383 g/mol. The normalized spacial score (nSPS) is 16.4. The van der Waals surface area contributed by atoms with Gasteiger partial charge in [-0.2, -0.15) is 0 Å². The van der Waals surface area contributed by atoms with Crippen LogP contribution < -0.4 is 16.2 Å². The highest BCUT2D eigenvalue weighted by atomic mass is 32.1. The molecule has 0 radical (unpaired) electrons. The third-order valence-corrected chi connectivity index (χ3v) is 4.78. The van der Waals surface area contributed by atoms with E-state index in [1.54, 1.807) is 22.9 Å². The van der Waals surface area contributed by atoms with Gasteiger partial charge in [-0.25, -0.2) is 4.39 Å². The Morgan fingerprint density at radius 1 is 1.22 bits per heavy atom. The van der Waals surface area contributed by atoms with Crippen LogP contribution in [0.25, 0.3) is 5.69 Å². The van der Waals surface area contributed by atoms with E-state index in [2.05, 4.69) is 21.2 Å². The van der Waals surface area contributed by atoms with Gasteiger partial charge in [0, 0.05) is 30.2 Å². The van der Waals surface area contributed by atoms with E-state index in [9.17, 15) is 9.18 Å². The molecule has 4 N–H and O–H groups in total. The van der Waals surface area contributed by atoms with Crippen molar-refractivity contribution in [3.05, 3.63) is 76.6 Å². The van der Waals surface area contributed by atoms with Crippen LogP contribution in [0.5, 0.6) is 0 Å². The monoisotopic (exact) mass is 383 g/mol. The second kappa shape index (κ2) is 7.43. The van der Waals surface area contributed by atoms with Gasteiger partial charge in [-0.1, -0.05) is 12.1 Å². The van der Waals surface area contributed by atoms with Crippen LogP contribution in [-0.2, 0) is 0 Å². The van der Waals surface area contributed by atoms with Crippen LogP contribution in [0.2, 0.25) is 0 Å². The number of aromatic nitrogens is 2. The lowest BCUT2D eigenvalue weighted by Gasteiger charge is -2.13. The lowest BCUT2D eigenvalue weighted by Crippen LogP contribution is -2.24. The van der Waals surface area contributed by atoms with Crippen molar-refractivity contribution >= 4 is 23.8 Å². The first-order valence-corrected chi connectivity index (χ1v) is 8.99. The standard InChI is InChI=1S/C19H18FN5OS/c20-13-4-6-15(7-5-13)25-17(11-21-19(25)27)18(26)23-14-3-1-2-12(10-14)16-8-9-22-24-16/h1-7,10-11,16,22,24H,8-9H2,(H,21,27)(H,23,26). The summed E-state index contributed by atoms with van der Waals surface area (Å²) >= 11 is 5.28. The zero-order valence-corrected chi connectivity index (χ0v) is 15.1. The summed E-state index contributed by atoms with van der Waals surface area (Å²) in [6, 6.07) is 13.8. The minimum atomic E-state index is -0.348. The molecule has 4 rings (SSSR count). The van der Waals surface area contributed by atoms with Gasteiger partial charge in [-0.15, -0.1) is 0 Å². The molecule has 1 atom stereocenters. The molecule has 27 heavy (non-hydrogen) atoms. The van der Waals surface area contributed by atoms with E-state index < -0.39 is 0 Å². The van der Waals surface area contributed by atoms with Gasteiger partial charge in [0.15, 0.2) is 4.77 Å². The number of rotatable bonds is 4. The molecule has 0 aliphatic carbocycles. The SMILES string of the molecule is O=C(Nc1cccc(C2CCNN2)c1)c1c[nH]c(=S)n1-c1ccc(F)cc1. The number of carbonyl (C=O) groups excluding carboxylic acids is 1. The second-order valence-electron chi connectivity index (χ2n) is 6.28. The summed E-state index contributed by atoms with van der Waals surface area (Å²) in [5.74, 6) is -0.653. The van der Waals surface area contributed by atoms with Crippen LogP contribution >= 0.6 is 12.2 Å². The van der Waals surface area contributed by atoms with Crippen molar-refractivity contribution in [2.45, 2.75) is 12.5 Å². The Kier molecular flexibility index (Phi) is 4.85. The number of carbonyl (C=O) groups is 1. The Morgan fingerprint density at radius 3 is 2.78 bits per heavy atom. The van der Waals surface area contributed by atoms with Crippen molar-refractivity contribution in [1.29, 1.82) is 0 Å². The van der Waals surface area contributed by atoms with Crippen LogP contribution in [0.1, 0.15) is 28.5 Å². The van der Waals surface area contributed by atoms with Crippen LogP contribution in [-0.4, -0.2) is 22.0 Å². The molecule has 1 aliphatic heterocycles. The van der Waals surface area contributed by atoms with Crippen LogP contribution in [0, 0.1) is 10.6 Å². The Labute approximate surface area is 160 Å². The molecule has 3 aromatic rings. The van der Waals surface area contributed by atoms with Crippen molar-refractivity contribution in [3.63, 3.8) is 0 Å². The summed E-state index contributed by atoms with van der Waals surface area (Å²) in [6.45, 7) is 0.907. The average Bonchev–Trinajstić information content (AvgIpc) is 3.33. The first-order chi connectivity index (χ1) is 13.1. The molecule has 0 saturated carbocycles. The topological polar surface area (TPSA) is 73.9 Å². The molecule has 2 aromatic carbocycles. The van der Waals surface area contributed by atoms with Crippen molar-refractivity contribution in [3.8, 4) is 5.69 Å². The first-order valence-electron chi connectivity index (χ1n) is 8.58. The first kappa shape index (κ1) is 17.6. The maximum absolute atomic E-state index is 13.2.